The molecule has 0 aliphatic carbocycles. The molecule has 0 spiro atoms. The zero-order valence-corrected chi connectivity index (χ0v) is 5.13. The SMILES string of the molecule is Nc1nc2nc[nH]c2c[nH+]1. The van der Waals surface area contributed by atoms with E-state index in [9.17, 15) is 0 Å². The fourth-order valence-electron chi connectivity index (χ4n) is 0.785. The number of fused-ring (bicyclic) bond motifs is 1. The number of nitrogens with two attached hydrogens (primary N) is 1. The summed E-state index contributed by atoms with van der Waals surface area (Å²) in [5.41, 5.74) is 6.85. The van der Waals surface area contributed by atoms with Crippen LogP contribution in [0.1, 0.15) is 0 Å². The lowest BCUT2D eigenvalue weighted by molar-refractivity contribution is -0.362. The zero-order valence-electron chi connectivity index (χ0n) is 5.13. The number of nitrogens with one attached hydrogen (secondary N) is 2. The number of aromatic nitrogens is 4. The van der Waals surface area contributed by atoms with Crippen LogP contribution in [0.25, 0.3) is 11.2 Å². The van der Waals surface area contributed by atoms with Crippen LogP contribution in [0, 0.1) is 0 Å². The topological polar surface area (TPSA) is 81.7 Å². The van der Waals surface area contributed by atoms with E-state index in [2.05, 4.69) is 19.9 Å². The maximum atomic E-state index is 5.36. The highest BCUT2D eigenvalue weighted by molar-refractivity contribution is 5.67. The summed E-state index contributed by atoms with van der Waals surface area (Å²) in [4.78, 5) is 13.5. The normalized spacial score (nSPS) is 10.4. The lowest BCUT2D eigenvalue weighted by atomic mass is 10.6. The first kappa shape index (κ1) is 5.16. The van der Waals surface area contributed by atoms with Gasteiger partial charge in [0.25, 0.3) is 5.65 Å². The highest BCUT2D eigenvalue weighted by atomic mass is 15.1. The van der Waals surface area contributed by atoms with Crippen molar-refractivity contribution >= 4 is 17.1 Å². The first-order chi connectivity index (χ1) is 4.86. The van der Waals surface area contributed by atoms with Crippen molar-refractivity contribution in [2.45, 2.75) is 0 Å². The van der Waals surface area contributed by atoms with Gasteiger partial charge in [0.15, 0.2) is 0 Å². The van der Waals surface area contributed by atoms with Gasteiger partial charge in [-0.15, -0.1) is 0 Å². The molecule has 0 aliphatic heterocycles. The Morgan fingerprint density at radius 2 is 2.50 bits per heavy atom. The molecule has 0 aromatic carbocycles. The van der Waals surface area contributed by atoms with Crippen LogP contribution < -0.4 is 10.7 Å². The Kier molecular flexibility index (Phi) is 0.858. The monoisotopic (exact) mass is 136 g/mol. The molecule has 0 atom stereocenters. The Labute approximate surface area is 56.3 Å². The molecule has 5 nitrogen and oxygen atoms in total. The van der Waals surface area contributed by atoms with Gasteiger partial charge in [-0.05, 0) is 4.98 Å². The van der Waals surface area contributed by atoms with E-state index in [1.807, 2.05) is 0 Å². The third kappa shape index (κ3) is 0.604. The van der Waals surface area contributed by atoms with Gasteiger partial charge in [-0.1, -0.05) is 0 Å². The van der Waals surface area contributed by atoms with Crippen LogP contribution in [0.3, 0.4) is 0 Å². The Balaban J connectivity index is 2.86. The van der Waals surface area contributed by atoms with Crippen molar-refractivity contribution in [1.29, 1.82) is 0 Å². The number of H-pyrrole nitrogens is 2. The number of aromatic amines is 2. The molecule has 2 rings (SSSR count). The number of hydrogen-bond acceptors (Lipinski definition) is 3. The fourth-order valence-corrected chi connectivity index (χ4v) is 0.785. The minimum absolute atomic E-state index is 0.375. The van der Waals surface area contributed by atoms with Crippen molar-refractivity contribution in [2.24, 2.45) is 0 Å². The second-order valence-electron chi connectivity index (χ2n) is 1.93. The number of anilines is 1. The summed E-state index contributed by atoms with van der Waals surface area (Å²) >= 11 is 0. The minimum atomic E-state index is 0.375. The van der Waals surface area contributed by atoms with Crippen LogP contribution in [-0.4, -0.2) is 15.0 Å². The van der Waals surface area contributed by atoms with Crippen LogP contribution in [0.5, 0.6) is 0 Å². The summed E-state index contributed by atoms with van der Waals surface area (Å²) in [5.74, 6) is 0.375. The molecule has 0 unspecified atom stereocenters. The molecule has 2 aromatic rings. The lowest BCUT2D eigenvalue weighted by Crippen LogP contribution is -2.11. The van der Waals surface area contributed by atoms with Gasteiger partial charge >= 0.3 is 5.95 Å². The molecule has 2 heterocycles. The smallest absolute Gasteiger partial charge is 0.340 e. The molecule has 10 heavy (non-hydrogen) atoms. The van der Waals surface area contributed by atoms with Crippen LogP contribution >= 0.6 is 0 Å². The van der Waals surface area contributed by atoms with Crippen LogP contribution in [0.4, 0.5) is 5.95 Å². The maximum Gasteiger partial charge on any atom is 0.389 e. The third-order valence-electron chi connectivity index (χ3n) is 1.24. The van der Waals surface area contributed by atoms with Gasteiger partial charge in [-0.25, -0.2) is 9.97 Å². The van der Waals surface area contributed by atoms with Crippen molar-refractivity contribution < 1.29 is 4.98 Å². The molecule has 5 heteroatoms. The molecule has 0 saturated carbocycles. The van der Waals surface area contributed by atoms with E-state index < -0.39 is 0 Å². The average molecular weight is 136 g/mol. The van der Waals surface area contributed by atoms with E-state index in [-0.39, 0.29) is 0 Å². The van der Waals surface area contributed by atoms with Crippen LogP contribution in [-0.2, 0) is 0 Å². The van der Waals surface area contributed by atoms with Crippen LogP contribution in [0.2, 0.25) is 0 Å². The first-order valence-corrected chi connectivity index (χ1v) is 2.83. The van der Waals surface area contributed by atoms with Gasteiger partial charge < -0.3 is 4.98 Å². The number of nitrogens with zero attached hydrogens (tertiary/aromatic N) is 2. The fraction of sp³-hybridized carbons (Fsp3) is 0. The summed E-state index contributed by atoms with van der Waals surface area (Å²) in [6.45, 7) is 0. The van der Waals surface area contributed by atoms with Gasteiger partial charge in [0.2, 0.25) is 0 Å². The van der Waals surface area contributed by atoms with Crippen molar-refractivity contribution in [3.8, 4) is 0 Å². The summed E-state index contributed by atoms with van der Waals surface area (Å²) in [6.07, 6.45) is 3.30. The van der Waals surface area contributed by atoms with Gasteiger partial charge in [0, 0.05) is 0 Å². The van der Waals surface area contributed by atoms with Gasteiger partial charge in [0.1, 0.15) is 5.52 Å². The van der Waals surface area contributed by atoms with E-state index >= 15 is 0 Å². The minimum Gasteiger partial charge on any atom is -0.340 e. The molecule has 0 amide bonds. The van der Waals surface area contributed by atoms with Crippen molar-refractivity contribution in [2.75, 3.05) is 5.73 Å². The Morgan fingerprint density at radius 1 is 1.60 bits per heavy atom. The summed E-state index contributed by atoms with van der Waals surface area (Å²) in [7, 11) is 0. The zero-order chi connectivity index (χ0) is 6.97. The summed E-state index contributed by atoms with van der Waals surface area (Å²) in [6, 6.07) is 0. The van der Waals surface area contributed by atoms with E-state index in [1.54, 1.807) is 12.5 Å². The van der Waals surface area contributed by atoms with Crippen molar-refractivity contribution in [3.05, 3.63) is 12.5 Å². The Morgan fingerprint density at radius 3 is 3.40 bits per heavy atom. The number of rotatable bonds is 0. The first-order valence-electron chi connectivity index (χ1n) is 2.83. The molecule has 0 fully saturated rings. The highest BCUT2D eigenvalue weighted by Crippen LogP contribution is 2.00. The number of imidazole rings is 1. The van der Waals surface area contributed by atoms with Crippen molar-refractivity contribution in [1.82, 2.24) is 15.0 Å². The van der Waals surface area contributed by atoms with Gasteiger partial charge in [-0.2, -0.15) is 0 Å². The lowest BCUT2D eigenvalue weighted by Gasteiger charge is -1.80. The molecule has 4 N–H and O–H groups in total. The largest absolute Gasteiger partial charge is 0.389 e. The second kappa shape index (κ2) is 1.66. The average Bonchev–Trinajstić information content (AvgIpc) is 2.33. The van der Waals surface area contributed by atoms with E-state index in [1.165, 1.54) is 0 Å². The molecule has 0 saturated heterocycles. The van der Waals surface area contributed by atoms with E-state index in [0.717, 1.165) is 5.52 Å². The quantitative estimate of drug-likeness (QED) is 0.505. The summed E-state index contributed by atoms with van der Waals surface area (Å²) in [5, 5.41) is 0. The summed E-state index contributed by atoms with van der Waals surface area (Å²) < 4.78 is 0. The second-order valence-corrected chi connectivity index (χ2v) is 1.93. The Bertz CT molecular complexity index is 352. The predicted molar refractivity (Wildman–Crippen MR) is 34.9 cm³/mol. The number of hydrogen-bond donors (Lipinski definition) is 2. The van der Waals surface area contributed by atoms with E-state index in [4.69, 9.17) is 5.73 Å². The molecule has 2 aromatic heterocycles. The molecular formula is C5H6N5+. The van der Waals surface area contributed by atoms with Crippen molar-refractivity contribution in [3.63, 3.8) is 0 Å². The predicted octanol–water partition coefficient (Wildman–Crippen LogP) is -0.646. The van der Waals surface area contributed by atoms with Crippen LogP contribution in [0.15, 0.2) is 12.5 Å². The Hall–Kier alpha value is -1.65. The van der Waals surface area contributed by atoms with Gasteiger partial charge in [-0.3, -0.25) is 5.73 Å². The molecule has 0 bridgehead atoms. The van der Waals surface area contributed by atoms with E-state index in [0.29, 0.717) is 11.6 Å². The maximum absolute atomic E-state index is 5.36. The standard InChI is InChI=1S/C5H5N5/c6-5-7-1-3-4(10-5)9-2-8-3/h1-2H,(H3,6,7,8,9,10)/p+1. The highest BCUT2D eigenvalue weighted by Gasteiger charge is 2.02. The number of nitrogen functional groups attached to an aromatic ring is 1. The molecule has 50 valence electrons. The molecule has 0 radical (unpaired) electrons. The van der Waals surface area contributed by atoms with Gasteiger partial charge in [0.05, 0.1) is 12.5 Å². The molecule has 0 aliphatic rings. The third-order valence-corrected chi connectivity index (χ3v) is 1.24. The molecular weight excluding hydrogens is 130 g/mol.